The van der Waals surface area contributed by atoms with Crippen molar-refractivity contribution in [3.05, 3.63) is 108 Å². The van der Waals surface area contributed by atoms with Crippen LogP contribution in [0, 0.1) is 34.5 Å². The molecule has 3 aromatic carbocycles. The van der Waals surface area contributed by atoms with E-state index in [1.807, 2.05) is 0 Å². The van der Waals surface area contributed by atoms with Gasteiger partial charge in [0.15, 0.2) is 24.6 Å². The maximum absolute atomic E-state index is 13.8. The predicted octanol–water partition coefficient (Wildman–Crippen LogP) is 8.52. The molecule has 0 amide bonds. The molecule has 4 aliphatic carbocycles. The topological polar surface area (TPSA) is 124 Å². The first-order valence-electron chi connectivity index (χ1n) is 21.3. The van der Waals surface area contributed by atoms with E-state index in [9.17, 15) is 19.2 Å². The first kappa shape index (κ1) is 38.9. The minimum atomic E-state index is -1.28. The van der Waals surface area contributed by atoms with Gasteiger partial charge in [-0.3, -0.25) is 4.79 Å². The van der Waals surface area contributed by atoms with Crippen LogP contribution in [0.1, 0.15) is 116 Å². The minimum absolute atomic E-state index is 0.0148. The number of ether oxygens (including phenoxy) is 6. The van der Waals surface area contributed by atoms with Gasteiger partial charge in [0.1, 0.15) is 5.60 Å². The van der Waals surface area contributed by atoms with Gasteiger partial charge in [-0.15, -0.1) is 0 Å². The van der Waals surface area contributed by atoms with Crippen molar-refractivity contribution >= 4 is 23.9 Å². The van der Waals surface area contributed by atoms with Crippen molar-refractivity contribution in [3.8, 4) is 0 Å². The highest BCUT2D eigenvalue weighted by atomic mass is 16.7. The summed E-state index contributed by atoms with van der Waals surface area (Å²) in [7, 11) is 0. The van der Waals surface area contributed by atoms with E-state index in [-0.39, 0.29) is 28.5 Å². The summed E-state index contributed by atoms with van der Waals surface area (Å²) in [5.41, 5.74) is 0.672. The molecule has 2 heterocycles. The van der Waals surface area contributed by atoms with E-state index in [0.29, 0.717) is 46.8 Å². The van der Waals surface area contributed by atoms with Gasteiger partial charge in [-0.25, -0.2) is 14.4 Å². The molecular weight excluding hydrogens is 737 g/mol. The molecule has 10 heteroatoms. The van der Waals surface area contributed by atoms with Crippen LogP contribution in [0.2, 0.25) is 0 Å². The van der Waals surface area contributed by atoms with Crippen LogP contribution in [0.3, 0.4) is 0 Å². The van der Waals surface area contributed by atoms with E-state index in [2.05, 4.69) is 13.8 Å². The number of carbonyl (C=O) groups excluding carboxylic acids is 4. The van der Waals surface area contributed by atoms with Crippen LogP contribution in [0.5, 0.6) is 0 Å². The normalized spacial score (nSPS) is 38.8. The molecule has 6 fully saturated rings. The molecule has 0 unspecified atom stereocenters. The first-order chi connectivity index (χ1) is 28.0. The molecule has 3 aromatic rings. The Labute approximate surface area is 340 Å². The number of fused-ring (bicyclic) bond motifs is 3. The van der Waals surface area contributed by atoms with Gasteiger partial charge in [0.2, 0.25) is 0 Å². The number of benzene rings is 3. The van der Waals surface area contributed by atoms with Gasteiger partial charge < -0.3 is 28.4 Å². The Morgan fingerprint density at radius 2 is 1.19 bits per heavy atom. The maximum Gasteiger partial charge on any atom is 0.338 e. The van der Waals surface area contributed by atoms with Crippen LogP contribution in [-0.4, -0.2) is 66.3 Å². The summed E-state index contributed by atoms with van der Waals surface area (Å²) in [6.45, 7) is 6.60. The molecule has 9 rings (SSSR count). The third-order valence-corrected chi connectivity index (χ3v) is 15.5. The standard InChI is InChI=1S/C48H54O10/c1-29-39(55-42(50)30-13-7-4-8-14-30)40(56-43(51)31-15-9-5-10-16-31)41(57-44(52)32-17-11-6-12-18-32)45(53-29)54-35-22-24-46(2)33(27-35)19-20-37-36(46)23-25-47(3)34-21-26-48(37,47)58-38(49)28-34/h4-18,29,33-37,39-41,45H,19-28H2,1-3H3/t29-,33+,34+,35-,36-,37+,39-,40+,41+,45-,46-,47+,48+/m0/s1. The second-order valence-electron chi connectivity index (χ2n) is 18.2. The van der Waals surface area contributed by atoms with Gasteiger partial charge >= 0.3 is 23.9 Å². The SMILES string of the molecule is C[C@@H]1O[C@@H](O[C@H]2CC[C@@]3(C)[C@H](CC[C@@H]4[C@@H]3CC[C@]3(C)[C@@H]5CC[C@@]43OC(=O)C5)C2)[C@H](OC(=O)c2ccccc2)[C@H](OC(=O)c2ccccc2)[C@H]1OC(=O)c1ccccc1. The molecule has 0 aromatic heterocycles. The molecule has 13 atom stereocenters. The molecule has 2 aliphatic heterocycles. The highest BCUT2D eigenvalue weighted by Crippen LogP contribution is 2.72. The van der Waals surface area contributed by atoms with E-state index in [0.717, 1.165) is 57.8 Å². The Bertz CT molecular complexity index is 2010. The van der Waals surface area contributed by atoms with Gasteiger partial charge in [0.05, 0.1) is 28.9 Å². The second-order valence-corrected chi connectivity index (χ2v) is 18.2. The zero-order valence-corrected chi connectivity index (χ0v) is 33.6. The zero-order chi connectivity index (χ0) is 40.2. The van der Waals surface area contributed by atoms with Gasteiger partial charge in [-0.2, -0.15) is 0 Å². The lowest BCUT2D eigenvalue weighted by Gasteiger charge is -2.65. The van der Waals surface area contributed by atoms with Crippen LogP contribution in [0.4, 0.5) is 0 Å². The summed E-state index contributed by atoms with van der Waals surface area (Å²) in [4.78, 5) is 54.1. The molecule has 0 radical (unpaired) electrons. The Morgan fingerprint density at radius 1 is 0.621 bits per heavy atom. The number of carbonyl (C=O) groups is 4. The second kappa shape index (κ2) is 15.2. The summed E-state index contributed by atoms with van der Waals surface area (Å²) in [5, 5.41) is 0. The van der Waals surface area contributed by atoms with Crippen molar-refractivity contribution in [2.45, 2.75) is 127 Å². The van der Waals surface area contributed by atoms with Crippen molar-refractivity contribution in [2.24, 2.45) is 34.5 Å². The van der Waals surface area contributed by atoms with Gasteiger partial charge in [-0.1, -0.05) is 68.4 Å². The quantitative estimate of drug-likeness (QED) is 0.125. The molecule has 58 heavy (non-hydrogen) atoms. The van der Waals surface area contributed by atoms with Crippen molar-refractivity contribution in [3.63, 3.8) is 0 Å². The Balaban J connectivity index is 0.987. The predicted molar refractivity (Wildman–Crippen MR) is 211 cm³/mol. The highest BCUT2D eigenvalue weighted by Gasteiger charge is 2.71. The summed E-state index contributed by atoms with van der Waals surface area (Å²) in [5.74, 6) is -0.344. The zero-order valence-electron chi connectivity index (χ0n) is 33.6. The highest BCUT2D eigenvalue weighted by molar-refractivity contribution is 5.91. The molecule has 10 nitrogen and oxygen atoms in total. The summed E-state index contributed by atoms with van der Waals surface area (Å²) < 4.78 is 38.5. The average molecular weight is 791 g/mol. The number of rotatable bonds is 8. The molecular formula is C48H54O10. The lowest BCUT2D eigenvalue weighted by atomic mass is 9.43. The molecule has 306 valence electrons. The van der Waals surface area contributed by atoms with E-state index >= 15 is 0 Å². The molecule has 6 aliphatic rings. The third-order valence-electron chi connectivity index (χ3n) is 15.5. The summed E-state index contributed by atoms with van der Waals surface area (Å²) >= 11 is 0. The fraction of sp³-hybridized carbons (Fsp3) is 0.542. The molecule has 0 spiro atoms. The number of hydrogen-bond acceptors (Lipinski definition) is 10. The lowest BCUT2D eigenvalue weighted by Crippen LogP contribution is -2.65. The summed E-state index contributed by atoms with van der Waals surface area (Å²) in [6.07, 6.45) is 3.54. The van der Waals surface area contributed by atoms with Gasteiger partial charge in [-0.05, 0) is 124 Å². The third kappa shape index (κ3) is 6.64. The first-order valence-corrected chi connectivity index (χ1v) is 21.3. The average Bonchev–Trinajstić information content (AvgIpc) is 3.38. The van der Waals surface area contributed by atoms with Crippen LogP contribution in [-0.2, 0) is 33.2 Å². The molecule has 2 saturated heterocycles. The fourth-order valence-electron chi connectivity index (χ4n) is 12.4. The van der Waals surface area contributed by atoms with Crippen molar-refractivity contribution in [1.29, 1.82) is 0 Å². The number of hydrogen-bond donors (Lipinski definition) is 0. The van der Waals surface area contributed by atoms with Crippen LogP contribution in [0.25, 0.3) is 0 Å². The van der Waals surface area contributed by atoms with Gasteiger partial charge in [0.25, 0.3) is 0 Å². The summed E-state index contributed by atoms with van der Waals surface area (Å²) in [6, 6.07) is 25.7. The van der Waals surface area contributed by atoms with E-state index in [1.165, 1.54) is 0 Å². The Kier molecular flexibility index (Phi) is 10.2. The van der Waals surface area contributed by atoms with Crippen LogP contribution in [0.15, 0.2) is 91.0 Å². The van der Waals surface area contributed by atoms with Gasteiger partial charge in [0, 0.05) is 17.8 Å². The van der Waals surface area contributed by atoms with E-state index in [4.69, 9.17) is 28.4 Å². The monoisotopic (exact) mass is 790 g/mol. The molecule has 2 bridgehead atoms. The maximum atomic E-state index is 13.8. The lowest BCUT2D eigenvalue weighted by molar-refractivity contribution is -0.308. The molecule has 0 N–H and O–H groups in total. The smallest absolute Gasteiger partial charge is 0.338 e. The number of esters is 4. The van der Waals surface area contributed by atoms with Crippen LogP contribution >= 0.6 is 0 Å². The van der Waals surface area contributed by atoms with Crippen LogP contribution < -0.4 is 0 Å². The molecule has 4 saturated carbocycles. The van der Waals surface area contributed by atoms with E-state index < -0.39 is 48.6 Å². The Hall–Kier alpha value is -4.54. The Morgan fingerprint density at radius 3 is 1.79 bits per heavy atom. The largest absolute Gasteiger partial charge is 0.458 e. The minimum Gasteiger partial charge on any atom is -0.458 e. The fourth-order valence-corrected chi connectivity index (χ4v) is 12.4. The van der Waals surface area contributed by atoms with Crippen molar-refractivity contribution in [1.82, 2.24) is 0 Å². The van der Waals surface area contributed by atoms with Crippen molar-refractivity contribution in [2.75, 3.05) is 0 Å². The van der Waals surface area contributed by atoms with Crippen molar-refractivity contribution < 1.29 is 47.6 Å². The van der Waals surface area contributed by atoms with E-state index in [1.54, 1.807) is 97.9 Å².